The number of aromatic hydroxyl groups is 2. The highest BCUT2D eigenvalue weighted by Gasteiger charge is 2.23. The van der Waals surface area contributed by atoms with Crippen molar-refractivity contribution in [2.75, 3.05) is 0 Å². The summed E-state index contributed by atoms with van der Waals surface area (Å²) in [4.78, 5) is 12.2. The Labute approximate surface area is 165 Å². The van der Waals surface area contributed by atoms with Gasteiger partial charge in [0.1, 0.15) is 17.6 Å². The van der Waals surface area contributed by atoms with E-state index in [-0.39, 0.29) is 22.1 Å². The van der Waals surface area contributed by atoms with E-state index in [0.29, 0.717) is 11.1 Å². The van der Waals surface area contributed by atoms with E-state index in [1.807, 2.05) is 6.07 Å². The van der Waals surface area contributed by atoms with Crippen LogP contribution >= 0.6 is 0 Å². The Morgan fingerprint density at radius 3 is 2.41 bits per heavy atom. The zero-order valence-electron chi connectivity index (χ0n) is 14.8. The summed E-state index contributed by atoms with van der Waals surface area (Å²) in [7, 11) is -4.43. The van der Waals surface area contributed by atoms with Crippen molar-refractivity contribution < 1.29 is 27.2 Å². The topological polar surface area (TPSA) is 114 Å². The summed E-state index contributed by atoms with van der Waals surface area (Å²) >= 11 is 0. The minimum absolute atomic E-state index is 0.115. The van der Waals surface area contributed by atoms with Crippen LogP contribution in [-0.4, -0.2) is 18.6 Å². The van der Waals surface area contributed by atoms with Crippen molar-refractivity contribution in [2.45, 2.75) is 4.90 Å². The van der Waals surface area contributed by atoms with E-state index in [1.165, 1.54) is 30.5 Å². The van der Waals surface area contributed by atoms with Crippen LogP contribution in [-0.2, 0) is 10.1 Å². The van der Waals surface area contributed by atoms with E-state index in [0.717, 1.165) is 12.1 Å². The molecule has 0 amide bonds. The van der Waals surface area contributed by atoms with Crippen molar-refractivity contribution in [2.24, 2.45) is 0 Å². The van der Waals surface area contributed by atoms with Crippen LogP contribution in [0.3, 0.4) is 0 Å². The van der Waals surface area contributed by atoms with Gasteiger partial charge in [-0.15, -0.1) is 0 Å². The lowest BCUT2D eigenvalue weighted by Crippen LogP contribution is -2.10. The van der Waals surface area contributed by atoms with Crippen LogP contribution < -0.4 is 9.61 Å². The molecule has 0 atom stereocenters. The number of para-hydroxylation sites is 1. The average molecular weight is 410 g/mol. The van der Waals surface area contributed by atoms with Crippen LogP contribution in [0.5, 0.6) is 17.2 Å². The summed E-state index contributed by atoms with van der Waals surface area (Å²) in [6, 6.07) is 16.5. The van der Waals surface area contributed by atoms with Gasteiger partial charge < -0.3 is 18.8 Å². The number of hydrogen-bond acceptors (Lipinski definition) is 7. The quantitative estimate of drug-likeness (QED) is 0.390. The van der Waals surface area contributed by atoms with Gasteiger partial charge in [-0.3, -0.25) is 4.79 Å². The summed E-state index contributed by atoms with van der Waals surface area (Å²) < 4.78 is 35.4. The second-order valence-corrected chi connectivity index (χ2v) is 7.68. The van der Waals surface area contributed by atoms with E-state index in [9.17, 15) is 23.4 Å². The van der Waals surface area contributed by atoms with Gasteiger partial charge in [-0.1, -0.05) is 36.4 Å². The van der Waals surface area contributed by atoms with Gasteiger partial charge in [0, 0.05) is 6.07 Å². The van der Waals surface area contributed by atoms with E-state index in [2.05, 4.69) is 0 Å². The Bertz CT molecular complexity index is 1370. The van der Waals surface area contributed by atoms with Crippen LogP contribution in [0.2, 0.25) is 0 Å². The first-order chi connectivity index (χ1) is 13.9. The van der Waals surface area contributed by atoms with Crippen LogP contribution in [0, 0.1) is 0 Å². The fraction of sp³-hybridized carbons (Fsp3) is 0. The maximum absolute atomic E-state index is 12.7. The molecule has 0 spiro atoms. The molecule has 0 saturated carbocycles. The highest BCUT2D eigenvalue weighted by Crippen LogP contribution is 2.33. The summed E-state index contributed by atoms with van der Waals surface area (Å²) in [6.45, 7) is 0. The average Bonchev–Trinajstić information content (AvgIpc) is 2.70. The van der Waals surface area contributed by atoms with Gasteiger partial charge in [0.25, 0.3) is 0 Å². The van der Waals surface area contributed by atoms with Crippen LogP contribution in [0.4, 0.5) is 0 Å². The molecule has 2 N–H and O–H groups in total. The van der Waals surface area contributed by atoms with Crippen LogP contribution in [0.1, 0.15) is 0 Å². The highest BCUT2D eigenvalue weighted by molar-refractivity contribution is 7.87. The fourth-order valence-corrected chi connectivity index (χ4v) is 3.89. The monoisotopic (exact) mass is 410 g/mol. The standard InChI is InChI=1S/C21H14O7S/c22-17-7-4-8-19(21(17)24)29(25,26)28-14-9-10-15-18(11-14)27-12-16(20(15)23)13-5-2-1-3-6-13/h1-12,22,24H. The molecule has 146 valence electrons. The predicted octanol–water partition coefficient (Wildman–Crippen LogP) is 3.64. The molecule has 1 heterocycles. The Morgan fingerprint density at radius 2 is 1.66 bits per heavy atom. The third kappa shape index (κ3) is 3.41. The number of rotatable bonds is 4. The molecule has 0 unspecified atom stereocenters. The summed E-state index contributed by atoms with van der Waals surface area (Å²) in [5, 5.41) is 19.6. The SMILES string of the molecule is O=c1c(-c2ccccc2)coc2cc(OS(=O)(=O)c3cccc(O)c3O)ccc12. The molecule has 0 bridgehead atoms. The minimum Gasteiger partial charge on any atom is -0.504 e. The molecule has 0 saturated heterocycles. The second kappa shape index (κ2) is 6.99. The van der Waals surface area contributed by atoms with E-state index in [1.54, 1.807) is 24.3 Å². The third-order valence-electron chi connectivity index (χ3n) is 4.28. The van der Waals surface area contributed by atoms with Crippen LogP contribution in [0.15, 0.2) is 87.1 Å². The molecule has 29 heavy (non-hydrogen) atoms. The lowest BCUT2D eigenvalue weighted by molar-refractivity contribution is 0.389. The molecular weight excluding hydrogens is 396 g/mol. The molecule has 0 aliphatic heterocycles. The lowest BCUT2D eigenvalue weighted by Gasteiger charge is -2.10. The Morgan fingerprint density at radius 1 is 0.897 bits per heavy atom. The van der Waals surface area contributed by atoms with Crippen molar-refractivity contribution in [1.82, 2.24) is 0 Å². The predicted molar refractivity (Wildman–Crippen MR) is 106 cm³/mol. The number of phenols is 2. The number of benzene rings is 3. The first-order valence-electron chi connectivity index (χ1n) is 8.43. The molecule has 0 aliphatic carbocycles. The van der Waals surface area contributed by atoms with Crippen molar-refractivity contribution in [3.63, 3.8) is 0 Å². The molecule has 1 aromatic heterocycles. The minimum atomic E-state index is -4.43. The van der Waals surface area contributed by atoms with Gasteiger partial charge in [0.15, 0.2) is 21.8 Å². The maximum Gasteiger partial charge on any atom is 0.343 e. The first-order valence-corrected chi connectivity index (χ1v) is 9.84. The molecule has 0 radical (unpaired) electrons. The number of fused-ring (bicyclic) bond motifs is 1. The molecule has 7 nitrogen and oxygen atoms in total. The fourth-order valence-electron chi connectivity index (χ4n) is 2.86. The zero-order chi connectivity index (χ0) is 20.6. The summed E-state index contributed by atoms with van der Waals surface area (Å²) in [6.07, 6.45) is 1.30. The van der Waals surface area contributed by atoms with Gasteiger partial charge in [0.05, 0.1) is 10.9 Å². The molecule has 4 rings (SSSR count). The van der Waals surface area contributed by atoms with Gasteiger partial charge in [0.2, 0.25) is 0 Å². The lowest BCUT2D eigenvalue weighted by atomic mass is 10.1. The molecule has 4 aromatic rings. The molecule has 0 fully saturated rings. The van der Waals surface area contributed by atoms with E-state index < -0.39 is 26.5 Å². The molecule has 3 aromatic carbocycles. The summed E-state index contributed by atoms with van der Waals surface area (Å²) in [5.74, 6) is -1.52. The smallest absolute Gasteiger partial charge is 0.343 e. The molecule has 0 aliphatic rings. The van der Waals surface area contributed by atoms with Gasteiger partial charge in [-0.2, -0.15) is 8.42 Å². The van der Waals surface area contributed by atoms with Crippen LogP contribution in [0.25, 0.3) is 22.1 Å². The summed E-state index contributed by atoms with van der Waals surface area (Å²) in [5.41, 5.74) is 0.953. The van der Waals surface area contributed by atoms with Gasteiger partial charge in [-0.25, -0.2) is 0 Å². The van der Waals surface area contributed by atoms with E-state index >= 15 is 0 Å². The zero-order valence-corrected chi connectivity index (χ0v) is 15.6. The Hall–Kier alpha value is -3.78. The van der Waals surface area contributed by atoms with Gasteiger partial charge in [-0.05, 0) is 29.8 Å². The Balaban J connectivity index is 1.73. The third-order valence-corrected chi connectivity index (χ3v) is 5.56. The second-order valence-electron chi connectivity index (χ2n) is 6.16. The van der Waals surface area contributed by atoms with Crippen molar-refractivity contribution in [3.8, 4) is 28.4 Å². The highest BCUT2D eigenvalue weighted by atomic mass is 32.2. The van der Waals surface area contributed by atoms with Crippen molar-refractivity contribution in [3.05, 3.63) is 83.2 Å². The van der Waals surface area contributed by atoms with E-state index in [4.69, 9.17) is 8.60 Å². The molecular formula is C21H14O7S. The van der Waals surface area contributed by atoms with Crippen molar-refractivity contribution >= 4 is 21.1 Å². The molecule has 8 heteroatoms. The van der Waals surface area contributed by atoms with Crippen molar-refractivity contribution in [1.29, 1.82) is 0 Å². The number of phenolic OH excluding ortho intramolecular Hbond substituents is 2. The number of hydrogen-bond donors (Lipinski definition) is 2. The largest absolute Gasteiger partial charge is 0.504 e. The normalized spacial score (nSPS) is 11.4. The van der Waals surface area contributed by atoms with Gasteiger partial charge >= 0.3 is 10.1 Å². The Kier molecular flexibility index (Phi) is 4.48. The maximum atomic E-state index is 12.7. The first kappa shape index (κ1) is 18.6.